The molecule has 0 heterocycles. The molecule has 1 nitrogen and oxygen atoms in total. The molecule has 1 heteroatoms. The van der Waals surface area contributed by atoms with E-state index in [0.717, 1.165) is 12.8 Å². The van der Waals surface area contributed by atoms with E-state index in [1.54, 1.807) is 0 Å². The summed E-state index contributed by atoms with van der Waals surface area (Å²) in [4.78, 5) is 10.9. The Hall–Kier alpha value is -0.330. The molecule has 0 N–H and O–H groups in total. The molecule has 113 valence electrons. The Balaban J connectivity index is 3.32. The number of rotatable bonds is 15. The van der Waals surface area contributed by atoms with E-state index in [-0.39, 0.29) is 5.92 Å². The normalized spacial score (nSPS) is 11.1. The van der Waals surface area contributed by atoms with Crippen molar-refractivity contribution in [3.8, 4) is 0 Å². The van der Waals surface area contributed by atoms with Gasteiger partial charge >= 0.3 is 0 Å². The van der Waals surface area contributed by atoms with E-state index in [9.17, 15) is 4.79 Å². The van der Waals surface area contributed by atoms with Crippen molar-refractivity contribution >= 4 is 6.29 Å². The quantitative estimate of drug-likeness (QED) is 0.322. The third-order valence-electron chi connectivity index (χ3n) is 3.98. The standard InChI is InChI=1S/C18H35O/c1-3-5-7-9-11-13-15-18(17-19)16-14-12-10-8-6-4-2/h18H,3-16H2,1-2H3. The number of carbonyl (C=O) groups excluding carboxylic acids is 1. The van der Waals surface area contributed by atoms with Gasteiger partial charge in [0.05, 0.1) is 0 Å². The number of unbranched alkanes of at least 4 members (excludes halogenated alkanes) is 10. The number of hydrogen-bond donors (Lipinski definition) is 0. The van der Waals surface area contributed by atoms with Crippen LogP contribution in [-0.4, -0.2) is 6.29 Å². The van der Waals surface area contributed by atoms with Gasteiger partial charge in [-0.05, 0) is 12.8 Å². The van der Waals surface area contributed by atoms with Crippen molar-refractivity contribution < 1.29 is 4.79 Å². The van der Waals surface area contributed by atoms with Crippen LogP contribution in [-0.2, 0) is 4.79 Å². The minimum atomic E-state index is 0.220. The second-order valence-electron chi connectivity index (χ2n) is 5.93. The average Bonchev–Trinajstić information content (AvgIpc) is 2.44. The van der Waals surface area contributed by atoms with Crippen LogP contribution in [0, 0.1) is 5.92 Å². The minimum Gasteiger partial charge on any atom is -0.291 e. The molecule has 0 atom stereocenters. The fraction of sp³-hybridized carbons (Fsp3) is 0.944. The summed E-state index contributed by atoms with van der Waals surface area (Å²) in [6, 6.07) is 0. The lowest BCUT2D eigenvalue weighted by atomic mass is 9.95. The van der Waals surface area contributed by atoms with Crippen molar-refractivity contribution in [1.29, 1.82) is 0 Å². The van der Waals surface area contributed by atoms with Gasteiger partial charge in [-0.25, -0.2) is 0 Å². The highest BCUT2D eigenvalue weighted by atomic mass is 16.1. The van der Waals surface area contributed by atoms with Crippen LogP contribution in [0.15, 0.2) is 0 Å². The Kier molecular flexibility index (Phi) is 15.5. The molecule has 0 amide bonds. The van der Waals surface area contributed by atoms with E-state index in [1.165, 1.54) is 77.0 Å². The van der Waals surface area contributed by atoms with Crippen molar-refractivity contribution in [3.63, 3.8) is 0 Å². The molecule has 0 saturated heterocycles. The van der Waals surface area contributed by atoms with Crippen molar-refractivity contribution in [2.75, 3.05) is 0 Å². The third-order valence-corrected chi connectivity index (χ3v) is 3.98. The summed E-state index contributed by atoms with van der Waals surface area (Å²) in [6.07, 6.45) is 20.2. The smallest absolute Gasteiger partial charge is 0.201 e. The lowest BCUT2D eigenvalue weighted by Crippen LogP contribution is -2.02. The van der Waals surface area contributed by atoms with Crippen molar-refractivity contribution in [1.82, 2.24) is 0 Å². The summed E-state index contributed by atoms with van der Waals surface area (Å²) >= 11 is 0. The molecule has 19 heavy (non-hydrogen) atoms. The molecule has 0 unspecified atom stereocenters. The highest BCUT2D eigenvalue weighted by molar-refractivity contribution is 5.54. The summed E-state index contributed by atoms with van der Waals surface area (Å²) < 4.78 is 0. The van der Waals surface area contributed by atoms with Gasteiger partial charge in [0.25, 0.3) is 0 Å². The molecule has 0 aromatic carbocycles. The van der Waals surface area contributed by atoms with Gasteiger partial charge in [-0.15, -0.1) is 0 Å². The predicted molar refractivity (Wildman–Crippen MR) is 85.2 cm³/mol. The summed E-state index contributed by atoms with van der Waals surface area (Å²) in [5, 5.41) is 0. The highest BCUT2D eigenvalue weighted by Gasteiger charge is 2.07. The first-order chi connectivity index (χ1) is 9.35. The molecule has 0 aromatic rings. The van der Waals surface area contributed by atoms with Crippen LogP contribution < -0.4 is 0 Å². The van der Waals surface area contributed by atoms with E-state index in [1.807, 2.05) is 0 Å². The zero-order valence-electron chi connectivity index (χ0n) is 13.4. The van der Waals surface area contributed by atoms with Crippen LogP contribution in [0.25, 0.3) is 0 Å². The summed E-state index contributed by atoms with van der Waals surface area (Å²) in [7, 11) is 0. The fourth-order valence-corrected chi connectivity index (χ4v) is 2.60. The molecule has 0 spiro atoms. The van der Waals surface area contributed by atoms with Crippen molar-refractivity contribution in [2.45, 2.75) is 104 Å². The first kappa shape index (κ1) is 18.7. The molecule has 0 saturated carbocycles. The fourth-order valence-electron chi connectivity index (χ4n) is 2.60. The molecule has 0 aliphatic heterocycles. The molecule has 0 rings (SSSR count). The summed E-state index contributed by atoms with van der Waals surface area (Å²) in [5.74, 6) is 0.220. The SMILES string of the molecule is CCCCCCCCC([C]=O)CCCCCCCC. The van der Waals surface area contributed by atoms with Gasteiger partial charge in [0.2, 0.25) is 6.29 Å². The van der Waals surface area contributed by atoms with E-state index in [2.05, 4.69) is 20.1 Å². The van der Waals surface area contributed by atoms with Crippen LogP contribution in [0.2, 0.25) is 0 Å². The van der Waals surface area contributed by atoms with E-state index >= 15 is 0 Å². The molecule has 0 aromatic heterocycles. The topological polar surface area (TPSA) is 17.1 Å². The van der Waals surface area contributed by atoms with E-state index in [0.29, 0.717) is 0 Å². The Bertz CT molecular complexity index is 161. The molecule has 1 radical (unpaired) electrons. The van der Waals surface area contributed by atoms with Crippen LogP contribution >= 0.6 is 0 Å². The Morgan fingerprint density at radius 1 is 0.632 bits per heavy atom. The average molecular weight is 267 g/mol. The van der Waals surface area contributed by atoms with E-state index < -0.39 is 0 Å². The first-order valence-electron chi connectivity index (χ1n) is 8.72. The maximum atomic E-state index is 10.9. The van der Waals surface area contributed by atoms with Gasteiger partial charge in [-0.2, -0.15) is 0 Å². The van der Waals surface area contributed by atoms with Gasteiger partial charge in [0, 0.05) is 5.92 Å². The zero-order valence-corrected chi connectivity index (χ0v) is 13.4. The van der Waals surface area contributed by atoms with Gasteiger partial charge in [0.15, 0.2) is 0 Å². The van der Waals surface area contributed by atoms with Gasteiger partial charge in [-0.1, -0.05) is 90.9 Å². The largest absolute Gasteiger partial charge is 0.291 e. The second kappa shape index (κ2) is 15.7. The van der Waals surface area contributed by atoms with Gasteiger partial charge < -0.3 is 0 Å². The Morgan fingerprint density at radius 3 is 1.37 bits per heavy atom. The number of hydrogen-bond acceptors (Lipinski definition) is 1. The molecular formula is C18H35O. The molecule has 0 fully saturated rings. The molecule has 0 bridgehead atoms. The Labute approximate surface area is 121 Å². The summed E-state index contributed by atoms with van der Waals surface area (Å²) in [5.41, 5.74) is 0. The van der Waals surface area contributed by atoms with Crippen LogP contribution in [0.5, 0.6) is 0 Å². The van der Waals surface area contributed by atoms with Crippen molar-refractivity contribution in [2.24, 2.45) is 5.92 Å². The van der Waals surface area contributed by atoms with Crippen molar-refractivity contribution in [3.05, 3.63) is 0 Å². The molecule has 0 aliphatic carbocycles. The first-order valence-corrected chi connectivity index (χ1v) is 8.72. The summed E-state index contributed by atoms with van der Waals surface area (Å²) in [6.45, 7) is 4.50. The maximum Gasteiger partial charge on any atom is 0.201 e. The molecular weight excluding hydrogens is 232 g/mol. The lowest BCUT2D eigenvalue weighted by Gasteiger charge is -2.09. The monoisotopic (exact) mass is 267 g/mol. The van der Waals surface area contributed by atoms with Gasteiger partial charge in [-0.3, -0.25) is 4.79 Å². The van der Waals surface area contributed by atoms with Crippen LogP contribution in [0.3, 0.4) is 0 Å². The Morgan fingerprint density at radius 2 is 1.00 bits per heavy atom. The lowest BCUT2D eigenvalue weighted by molar-refractivity contribution is 0.451. The van der Waals surface area contributed by atoms with Gasteiger partial charge in [0.1, 0.15) is 0 Å². The zero-order chi connectivity index (χ0) is 14.2. The molecule has 0 aliphatic rings. The van der Waals surface area contributed by atoms with E-state index in [4.69, 9.17) is 0 Å². The predicted octanol–water partition coefficient (Wildman–Crippen LogP) is 6.21. The highest BCUT2D eigenvalue weighted by Crippen LogP contribution is 2.17. The van der Waals surface area contributed by atoms with Crippen LogP contribution in [0.1, 0.15) is 104 Å². The third kappa shape index (κ3) is 13.9. The van der Waals surface area contributed by atoms with Crippen LogP contribution in [0.4, 0.5) is 0 Å². The maximum absolute atomic E-state index is 10.9. The second-order valence-corrected chi connectivity index (χ2v) is 5.93. The minimum absolute atomic E-state index is 0.220.